The minimum Gasteiger partial charge on any atom is -0.481 e. The number of carboxylic acids is 1. The van der Waals surface area contributed by atoms with Crippen LogP contribution in [0.4, 0.5) is 13.2 Å². The molecule has 0 bridgehead atoms. The van der Waals surface area contributed by atoms with Crippen molar-refractivity contribution in [3.63, 3.8) is 0 Å². The van der Waals surface area contributed by atoms with Crippen LogP contribution >= 0.6 is 23.1 Å². The summed E-state index contributed by atoms with van der Waals surface area (Å²) in [7, 11) is 1.74. The van der Waals surface area contributed by atoms with Gasteiger partial charge in [0.25, 0.3) is 5.91 Å². The average molecular weight is 674 g/mol. The van der Waals surface area contributed by atoms with Crippen molar-refractivity contribution in [1.29, 1.82) is 0 Å². The highest BCUT2D eigenvalue weighted by Gasteiger charge is 2.34. The van der Waals surface area contributed by atoms with Crippen molar-refractivity contribution in [2.45, 2.75) is 77.7 Å². The Bertz CT molecular complexity index is 1340. The highest BCUT2D eigenvalue weighted by Crippen LogP contribution is 2.32. The van der Waals surface area contributed by atoms with Gasteiger partial charge < -0.3 is 20.1 Å². The van der Waals surface area contributed by atoms with Crippen molar-refractivity contribution >= 4 is 46.9 Å². The van der Waals surface area contributed by atoms with Crippen LogP contribution in [0.25, 0.3) is 0 Å². The summed E-state index contributed by atoms with van der Waals surface area (Å²) in [5, 5.41) is 13.9. The Morgan fingerprint density at radius 3 is 2.29 bits per heavy atom. The van der Waals surface area contributed by atoms with Gasteiger partial charge in [0, 0.05) is 63.1 Å². The number of aliphatic carboxylic acids is 1. The van der Waals surface area contributed by atoms with Gasteiger partial charge in [-0.2, -0.15) is 24.9 Å². The standard InChI is InChI=1S/C29H38F3N5O6S2/c1-15(2)22(37(5)25(39)7-18-12-44-13-18)9-23(43-17(4)38)27-36-21(14-45-27)26(40)35-20(6-16(3)28(41)42)8-24-33-10-19(11-34-24)29(30,31)32/h10-11,14-16,18,20,22-23H,6-9,12-13H2,1-5H3,(H,35,40)(H,41,42)/t16-,20+,22?,23+/m0/s1. The van der Waals surface area contributed by atoms with Gasteiger partial charge in [0.05, 0.1) is 11.5 Å². The van der Waals surface area contributed by atoms with E-state index < -0.39 is 47.6 Å². The number of halogens is 3. The molecule has 1 saturated heterocycles. The minimum atomic E-state index is -4.62. The molecule has 2 aromatic rings. The van der Waals surface area contributed by atoms with Crippen LogP contribution in [0.2, 0.25) is 0 Å². The molecule has 16 heteroatoms. The first-order valence-electron chi connectivity index (χ1n) is 14.4. The Labute approximate surface area is 267 Å². The van der Waals surface area contributed by atoms with Crippen LogP contribution in [0, 0.1) is 17.8 Å². The Morgan fingerprint density at radius 1 is 1.13 bits per heavy atom. The third-order valence-electron chi connectivity index (χ3n) is 7.48. The summed E-state index contributed by atoms with van der Waals surface area (Å²) in [6.07, 6.45) is -3.65. The number of hydrogen-bond donors (Lipinski definition) is 2. The predicted octanol–water partition coefficient (Wildman–Crippen LogP) is 4.63. The number of ether oxygens (including phenoxy) is 1. The van der Waals surface area contributed by atoms with Gasteiger partial charge >= 0.3 is 18.1 Å². The van der Waals surface area contributed by atoms with E-state index in [0.29, 0.717) is 29.7 Å². The van der Waals surface area contributed by atoms with Gasteiger partial charge in [-0.1, -0.05) is 20.8 Å². The number of alkyl halides is 3. The number of carbonyl (C=O) groups is 4. The zero-order valence-corrected chi connectivity index (χ0v) is 27.3. The fourth-order valence-corrected chi connectivity index (χ4v) is 6.47. The lowest BCUT2D eigenvalue weighted by Crippen LogP contribution is -2.43. The van der Waals surface area contributed by atoms with Crippen molar-refractivity contribution in [3.05, 3.63) is 39.9 Å². The van der Waals surface area contributed by atoms with Crippen LogP contribution in [0.15, 0.2) is 17.8 Å². The van der Waals surface area contributed by atoms with Crippen LogP contribution in [-0.4, -0.2) is 79.3 Å². The summed E-state index contributed by atoms with van der Waals surface area (Å²) in [6, 6.07) is -1.12. The first kappa shape index (κ1) is 36.2. The molecular formula is C29H38F3N5O6S2. The zero-order valence-electron chi connectivity index (χ0n) is 25.7. The second kappa shape index (κ2) is 15.8. The van der Waals surface area contributed by atoms with E-state index >= 15 is 0 Å². The number of rotatable bonds is 15. The minimum absolute atomic E-state index is 0.00534. The van der Waals surface area contributed by atoms with Crippen LogP contribution in [0.5, 0.6) is 0 Å². The van der Waals surface area contributed by atoms with Crippen LogP contribution in [-0.2, 0) is 31.7 Å². The van der Waals surface area contributed by atoms with Gasteiger partial charge in [-0.3, -0.25) is 19.2 Å². The summed E-state index contributed by atoms with van der Waals surface area (Å²) >= 11 is 2.90. The van der Waals surface area contributed by atoms with E-state index in [1.54, 1.807) is 23.7 Å². The molecule has 2 amide bonds. The maximum absolute atomic E-state index is 13.2. The molecule has 2 aromatic heterocycles. The fraction of sp³-hybridized carbons (Fsp3) is 0.621. The number of aromatic nitrogens is 3. The summed E-state index contributed by atoms with van der Waals surface area (Å²) < 4.78 is 44.4. The lowest BCUT2D eigenvalue weighted by molar-refractivity contribution is -0.148. The molecule has 1 aliphatic rings. The molecule has 1 unspecified atom stereocenters. The maximum Gasteiger partial charge on any atom is 0.419 e. The first-order chi connectivity index (χ1) is 21.0. The summed E-state index contributed by atoms with van der Waals surface area (Å²) in [5.74, 6) is -0.901. The van der Waals surface area contributed by atoms with E-state index in [9.17, 15) is 37.5 Å². The molecule has 3 heterocycles. The summed E-state index contributed by atoms with van der Waals surface area (Å²) in [6.45, 7) is 6.65. The lowest BCUT2D eigenvalue weighted by atomic mass is 9.95. The van der Waals surface area contributed by atoms with Crippen LogP contribution in [0.3, 0.4) is 0 Å². The predicted molar refractivity (Wildman–Crippen MR) is 161 cm³/mol. The fourth-order valence-electron chi connectivity index (χ4n) is 4.82. The first-order valence-corrected chi connectivity index (χ1v) is 16.5. The Hall–Kier alpha value is -3.27. The zero-order chi connectivity index (χ0) is 33.5. The van der Waals surface area contributed by atoms with E-state index in [4.69, 9.17) is 4.74 Å². The van der Waals surface area contributed by atoms with Crippen LogP contribution in [0.1, 0.15) is 79.9 Å². The number of amides is 2. The third kappa shape index (κ3) is 10.7. The second-order valence-corrected chi connectivity index (χ2v) is 13.5. The molecule has 248 valence electrons. The molecule has 0 spiro atoms. The number of esters is 1. The molecule has 0 aromatic carbocycles. The monoisotopic (exact) mass is 673 g/mol. The number of thioether (sulfide) groups is 1. The van der Waals surface area contributed by atoms with Crippen molar-refractivity contribution in [2.24, 2.45) is 17.8 Å². The molecule has 1 aliphatic heterocycles. The Kier molecular flexibility index (Phi) is 12.7. The topological polar surface area (TPSA) is 152 Å². The van der Waals surface area contributed by atoms with Crippen molar-refractivity contribution in [1.82, 2.24) is 25.2 Å². The molecule has 1 fully saturated rings. The SMILES string of the molecule is CC(=O)O[C@H](CC(C(C)C)N(C)C(=O)CC1CSC1)c1nc(C(=O)N[C@@H](Cc2ncc(C(F)(F)F)cn2)C[C@H](C)C(=O)O)cs1. The number of nitrogens with one attached hydrogen (secondary N) is 1. The van der Waals surface area contributed by atoms with Gasteiger partial charge in [-0.05, 0) is 29.8 Å². The number of thiazole rings is 1. The molecular weight excluding hydrogens is 635 g/mol. The number of hydrogen-bond acceptors (Lipinski definition) is 10. The van der Waals surface area contributed by atoms with E-state index in [-0.39, 0.29) is 48.6 Å². The highest BCUT2D eigenvalue weighted by molar-refractivity contribution is 8.00. The molecule has 45 heavy (non-hydrogen) atoms. The van der Waals surface area contributed by atoms with Gasteiger partial charge in [0.15, 0.2) is 6.10 Å². The normalized spacial score (nSPS) is 16.3. The Balaban J connectivity index is 1.77. The van der Waals surface area contributed by atoms with Gasteiger partial charge in [0.1, 0.15) is 16.5 Å². The lowest BCUT2D eigenvalue weighted by Gasteiger charge is -2.35. The molecule has 0 aliphatic carbocycles. The quantitative estimate of drug-likeness (QED) is 0.256. The number of carboxylic acid groups (broad SMARTS) is 1. The summed E-state index contributed by atoms with van der Waals surface area (Å²) in [5.41, 5.74) is -1.04. The van der Waals surface area contributed by atoms with E-state index in [2.05, 4.69) is 20.3 Å². The molecule has 0 radical (unpaired) electrons. The Morgan fingerprint density at radius 2 is 1.78 bits per heavy atom. The average Bonchev–Trinajstić information content (AvgIpc) is 3.42. The van der Waals surface area contributed by atoms with Crippen molar-refractivity contribution in [2.75, 3.05) is 18.6 Å². The third-order valence-corrected chi connectivity index (χ3v) is 9.83. The molecule has 11 nitrogen and oxygen atoms in total. The highest BCUT2D eigenvalue weighted by atomic mass is 32.2. The van der Waals surface area contributed by atoms with E-state index in [1.807, 2.05) is 13.8 Å². The van der Waals surface area contributed by atoms with Gasteiger partial charge in [-0.15, -0.1) is 11.3 Å². The molecule has 2 N–H and O–H groups in total. The van der Waals surface area contributed by atoms with Crippen molar-refractivity contribution in [3.8, 4) is 0 Å². The smallest absolute Gasteiger partial charge is 0.419 e. The van der Waals surface area contributed by atoms with Gasteiger partial charge in [0.2, 0.25) is 5.91 Å². The molecule has 3 rings (SSSR count). The van der Waals surface area contributed by atoms with Crippen LogP contribution < -0.4 is 5.32 Å². The summed E-state index contributed by atoms with van der Waals surface area (Å²) in [4.78, 5) is 63.4. The second-order valence-electron chi connectivity index (χ2n) is 11.6. The van der Waals surface area contributed by atoms with E-state index in [1.165, 1.54) is 19.2 Å². The number of carbonyl (C=O) groups excluding carboxylic acids is 3. The number of nitrogens with zero attached hydrogens (tertiary/aromatic N) is 4. The molecule has 0 saturated carbocycles. The van der Waals surface area contributed by atoms with Crippen molar-refractivity contribution < 1.29 is 42.2 Å². The van der Waals surface area contributed by atoms with E-state index in [0.717, 1.165) is 22.8 Å². The largest absolute Gasteiger partial charge is 0.481 e. The molecule has 4 atom stereocenters. The van der Waals surface area contributed by atoms with Gasteiger partial charge in [-0.25, -0.2) is 15.0 Å². The maximum atomic E-state index is 13.2.